The van der Waals surface area contributed by atoms with Crippen molar-refractivity contribution in [1.82, 2.24) is 0 Å². The third-order valence-corrected chi connectivity index (χ3v) is 2.92. The van der Waals surface area contributed by atoms with Crippen LogP contribution in [-0.4, -0.2) is 0 Å². The van der Waals surface area contributed by atoms with Crippen molar-refractivity contribution < 1.29 is 13.3 Å². The normalized spacial score (nSPS) is 11.8. The summed E-state index contributed by atoms with van der Waals surface area (Å²) in [6.07, 6.45) is 1.81. The van der Waals surface area contributed by atoms with Crippen molar-refractivity contribution in [3.05, 3.63) is 59.1 Å². The molecule has 1 aliphatic rings. The van der Waals surface area contributed by atoms with Crippen molar-refractivity contribution in [2.75, 3.05) is 0 Å². The highest BCUT2D eigenvalue weighted by atomic mass is 19.1. The molecular weight excluding hydrogens is 222 g/mol. The zero-order valence-corrected chi connectivity index (χ0v) is 8.74. The molecule has 0 aliphatic carbocycles. The Labute approximate surface area is 96.6 Å². The number of fused-ring (bicyclic) bond motifs is 3. The Morgan fingerprint density at radius 3 is 2.88 bits per heavy atom. The molecule has 0 saturated heterocycles. The van der Waals surface area contributed by atoms with Crippen molar-refractivity contribution in [1.29, 1.82) is 0 Å². The Hall–Kier alpha value is -2.28. The van der Waals surface area contributed by atoms with Gasteiger partial charge in [-0.3, -0.25) is 0 Å². The van der Waals surface area contributed by atoms with Gasteiger partial charge in [0.1, 0.15) is 11.6 Å². The van der Waals surface area contributed by atoms with E-state index in [1.807, 2.05) is 16.8 Å². The second kappa shape index (κ2) is 3.36. The second-order valence-corrected chi connectivity index (χ2v) is 3.88. The van der Waals surface area contributed by atoms with Crippen LogP contribution in [0.1, 0.15) is 5.56 Å². The standard InChI is InChI=1S/C13H7F2N2/c1-16-13-9(14)6-8-7-17-5-3-2-4-10(17)11(8)12(13)15/h2-6H,7H2/q+1. The van der Waals surface area contributed by atoms with Crippen LogP contribution in [0.5, 0.6) is 0 Å². The van der Waals surface area contributed by atoms with Gasteiger partial charge < -0.3 is 0 Å². The lowest BCUT2D eigenvalue weighted by molar-refractivity contribution is -0.672. The largest absolute Gasteiger partial charge is 0.257 e. The molecule has 0 saturated carbocycles. The molecule has 1 aromatic carbocycles. The number of benzene rings is 1. The molecule has 0 N–H and O–H groups in total. The molecule has 82 valence electrons. The first-order chi connectivity index (χ1) is 8.22. The Kier molecular flexibility index (Phi) is 1.96. The monoisotopic (exact) mass is 229 g/mol. The number of halogens is 2. The third-order valence-electron chi connectivity index (χ3n) is 2.92. The van der Waals surface area contributed by atoms with Gasteiger partial charge in [0.2, 0.25) is 5.69 Å². The summed E-state index contributed by atoms with van der Waals surface area (Å²) < 4.78 is 29.3. The van der Waals surface area contributed by atoms with Gasteiger partial charge in [-0.15, -0.1) is 0 Å². The van der Waals surface area contributed by atoms with Crippen LogP contribution >= 0.6 is 0 Å². The van der Waals surface area contributed by atoms with Crippen molar-refractivity contribution in [3.8, 4) is 11.3 Å². The molecule has 0 spiro atoms. The van der Waals surface area contributed by atoms with Crippen LogP contribution in [-0.2, 0) is 6.54 Å². The highest BCUT2D eigenvalue weighted by Crippen LogP contribution is 2.36. The summed E-state index contributed by atoms with van der Waals surface area (Å²) in [6.45, 7) is 7.25. The molecule has 2 aromatic rings. The Morgan fingerprint density at radius 2 is 2.12 bits per heavy atom. The topological polar surface area (TPSA) is 8.24 Å². The van der Waals surface area contributed by atoms with Crippen LogP contribution in [0.25, 0.3) is 16.1 Å². The molecule has 1 aromatic heterocycles. The quantitative estimate of drug-likeness (QED) is 0.414. The smallest absolute Gasteiger partial charge is 0.232 e. The van der Waals surface area contributed by atoms with E-state index in [1.54, 1.807) is 12.1 Å². The molecule has 0 unspecified atom stereocenters. The molecular formula is C13H7F2N2+. The van der Waals surface area contributed by atoms with Crippen LogP contribution in [0.2, 0.25) is 0 Å². The number of rotatable bonds is 0. The van der Waals surface area contributed by atoms with Gasteiger partial charge in [-0.25, -0.2) is 13.6 Å². The van der Waals surface area contributed by atoms with Crippen LogP contribution < -0.4 is 4.57 Å². The van der Waals surface area contributed by atoms with E-state index >= 15 is 0 Å². The maximum absolute atomic E-state index is 14.0. The molecule has 0 atom stereocenters. The predicted octanol–water partition coefficient (Wildman–Crippen LogP) is 2.83. The molecule has 0 radical (unpaired) electrons. The first-order valence-corrected chi connectivity index (χ1v) is 5.09. The molecule has 2 nitrogen and oxygen atoms in total. The fraction of sp³-hybridized carbons (Fsp3) is 0.0769. The molecule has 0 bridgehead atoms. The van der Waals surface area contributed by atoms with Gasteiger partial charge in [-0.05, 0) is 12.1 Å². The average Bonchev–Trinajstić information content (AvgIpc) is 2.67. The van der Waals surface area contributed by atoms with E-state index in [4.69, 9.17) is 6.57 Å². The Morgan fingerprint density at radius 1 is 1.29 bits per heavy atom. The maximum Gasteiger partial charge on any atom is 0.257 e. The number of aromatic nitrogens is 1. The summed E-state index contributed by atoms with van der Waals surface area (Å²) in [4.78, 5) is 2.91. The van der Waals surface area contributed by atoms with Crippen molar-refractivity contribution in [2.24, 2.45) is 0 Å². The number of nitrogens with zero attached hydrogens (tertiary/aromatic N) is 2. The minimum Gasteiger partial charge on any atom is -0.232 e. The minimum atomic E-state index is -0.787. The van der Waals surface area contributed by atoms with Crippen molar-refractivity contribution in [3.63, 3.8) is 0 Å². The van der Waals surface area contributed by atoms with Gasteiger partial charge in [-0.2, -0.15) is 4.57 Å². The van der Waals surface area contributed by atoms with Gasteiger partial charge in [0.05, 0.1) is 12.1 Å². The highest BCUT2D eigenvalue weighted by Gasteiger charge is 2.31. The van der Waals surface area contributed by atoms with E-state index in [1.165, 1.54) is 6.07 Å². The summed E-state index contributed by atoms with van der Waals surface area (Å²) in [5.74, 6) is -1.54. The van der Waals surface area contributed by atoms with Crippen molar-refractivity contribution >= 4 is 5.69 Å². The molecule has 0 fully saturated rings. The molecule has 17 heavy (non-hydrogen) atoms. The zero-order chi connectivity index (χ0) is 12.0. The molecule has 0 amide bonds. The van der Waals surface area contributed by atoms with E-state index in [2.05, 4.69) is 4.85 Å². The Bertz CT molecular complexity index is 672. The van der Waals surface area contributed by atoms with Gasteiger partial charge in [0.15, 0.2) is 12.7 Å². The van der Waals surface area contributed by atoms with Crippen molar-refractivity contribution in [2.45, 2.75) is 6.54 Å². The second-order valence-electron chi connectivity index (χ2n) is 3.88. The molecule has 3 rings (SSSR count). The van der Waals surface area contributed by atoms with E-state index in [-0.39, 0.29) is 0 Å². The zero-order valence-electron chi connectivity index (χ0n) is 8.74. The predicted molar refractivity (Wildman–Crippen MR) is 57.4 cm³/mol. The summed E-state index contributed by atoms with van der Waals surface area (Å²) in [5.41, 5.74) is 1.09. The lowest BCUT2D eigenvalue weighted by Crippen LogP contribution is -2.31. The van der Waals surface area contributed by atoms with Crippen LogP contribution in [0, 0.1) is 18.2 Å². The number of hydrogen-bond acceptors (Lipinski definition) is 0. The summed E-state index contributed by atoms with van der Waals surface area (Å²) in [6, 6.07) is 6.64. The van der Waals surface area contributed by atoms with Gasteiger partial charge in [0, 0.05) is 17.7 Å². The van der Waals surface area contributed by atoms with Gasteiger partial charge >= 0.3 is 0 Å². The molecule has 4 heteroatoms. The van der Waals surface area contributed by atoms with E-state index in [9.17, 15) is 8.78 Å². The number of pyridine rings is 1. The Balaban J connectivity index is 2.37. The van der Waals surface area contributed by atoms with Gasteiger partial charge in [0.25, 0.3) is 5.69 Å². The highest BCUT2D eigenvalue weighted by molar-refractivity contribution is 5.70. The fourth-order valence-corrected chi connectivity index (χ4v) is 2.19. The lowest BCUT2D eigenvalue weighted by Gasteiger charge is -2.00. The fourth-order valence-electron chi connectivity index (χ4n) is 2.19. The van der Waals surface area contributed by atoms with E-state index in [0.717, 1.165) is 0 Å². The number of hydrogen-bond donors (Lipinski definition) is 0. The summed E-state index contributed by atoms with van der Waals surface area (Å²) in [7, 11) is 0. The molecule has 1 aliphatic heterocycles. The summed E-state index contributed by atoms with van der Waals surface area (Å²) in [5, 5.41) is 0. The minimum absolute atomic E-state index is 0.345. The maximum atomic E-state index is 14.0. The first kappa shape index (κ1) is 9.91. The van der Waals surface area contributed by atoms with E-state index < -0.39 is 17.3 Å². The van der Waals surface area contributed by atoms with Gasteiger partial charge in [-0.1, -0.05) is 0 Å². The summed E-state index contributed by atoms with van der Waals surface area (Å²) >= 11 is 0. The van der Waals surface area contributed by atoms with Crippen LogP contribution in [0.4, 0.5) is 14.5 Å². The average molecular weight is 229 g/mol. The SMILES string of the molecule is [C-]#[N+]c1c(F)cc2c(c1F)-c1cccc[n+]1C2. The third kappa shape index (κ3) is 1.26. The lowest BCUT2D eigenvalue weighted by atomic mass is 10.1. The van der Waals surface area contributed by atoms with Crippen LogP contribution in [0.3, 0.4) is 0 Å². The van der Waals surface area contributed by atoms with E-state index in [0.29, 0.717) is 23.4 Å². The first-order valence-electron chi connectivity index (χ1n) is 5.09. The van der Waals surface area contributed by atoms with Crippen LogP contribution in [0.15, 0.2) is 30.5 Å². The molecule has 2 heterocycles.